The molecule has 108 valence electrons. The van der Waals surface area contributed by atoms with Gasteiger partial charge in [0.15, 0.2) is 0 Å². The van der Waals surface area contributed by atoms with Crippen LogP contribution in [0.1, 0.15) is 29.0 Å². The van der Waals surface area contributed by atoms with Crippen molar-refractivity contribution in [2.75, 3.05) is 6.61 Å². The Labute approximate surface area is 119 Å². The number of nitrogens with zero attached hydrogens (tertiary/aromatic N) is 2. The molecule has 3 heterocycles. The van der Waals surface area contributed by atoms with Crippen molar-refractivity contribution >= 4 is 22.6 Å². The van der Waals surface area contributed by atoms with Gasteiger partial charge in [-0.1, -0.05) is 0 Å². The molecule has 1 saturated heterocycles. The van der Waals surface area contributed by atoms with E-state index >= 15 is 0 Å². The molecule has 1 fully saturated rings. The fourth-order valence-electron chi connectivity index (χ4n) is 3.21. The van der Waals surface area contributed by atoms with Crippen LogP contribution in [0, 0.1) is 10.1 Å². The maximum absolute atomic E-state index is 12.3. The minimum absolute atomic E-state index is 0.0340. The standard InChI is InChI=1S/C14H13N3O4/c1-2-21-14(18)11-8-4-3-7(17(19)20)5-10(8)16-6-9-12(15-9)13(11)16/h3-5,9,12,15H,2,6H2,1H3/t9-,12-/m0/s1. The second-order valence-corrected chi connectivity index (χ2v) is 5.30. The number of ether oxygens (including phenoxy) is 1. The third-order valence-corrected chi connectivity index (χ3v) is 4.14. The second-order valence-electron chi connectivity index (χ2n) is 5.30. The Balaban J connectivity index is 1.97. The largest absolute Gasteiger partial charge is 0.462 e. The van der Waals surface area contributed by atoms with Crippen LogP contribution in [0.25, 0.3) is 10.9 Å². The first-order valence-corrected chi connectivity index (χ1v) is 6.85. The summed E-state index contributed by atoms with van der Waals surface area (Å²) >= 11 is 0. The van der Waals surface area contributed by atoms with E-state index in [2.05, 4.69) is 5.32 Å². The van der Waals surface area contributed by atoms with E-state index in [9.17, 15) is 14.9 Å². The van der Waals surface area contributed by atoms with Crippen molar-refractivity contribution in [1.82, 2.24) is 9.88 Å². The Morgan fingerprint density at radius 1 is 1.57 bits per heavy atom. The van der Waals surface area contributed by atoms with Crippen LogP contribution < -0.4 is 5.32 Å². The number of rotatable bonds is 3. The lowest BCUT2D eigenvalue weighted by Crippen LogP contribution is -2.09. The van der Waals surface area contributed by atoms with Crippen molar-refractivity contribution < 1.29 is 14.5 Å². The number of hydrogen-bond donors (Lipinski definition) is 1. The van der Waals surface area contributed by atoms with Gasteiger partial charge in [-0.2, -0.15) is 0 Å². The summed E-state index contributed by atoms with van der Waals surface area (Å²) in [5, 5.41) is 15.0. The molecule has 0 unspecified atom stereocenters. The average Bonchev–Trinajstić information content (AvgIpc) is 3.00. The molecule has 4 rings (SSSR count). The van der Waals surface area contributed by atoms with E-state index in [1.54, 1.807) is 13.0 Å². The highest BCUT2D eigenvalue weighted by atomic mass is 16.6. The molecule has 2 aliphatic rings. The predicted molar refractivity (Wildman–Crippen MR) is 74.2 cm³/mol. The quantitative estimate of drug-likeness (QED) is 0.401. The zero-order valence-electron chi connectivity index (χ0n) is 11.3. The lowest BCUT2D eigenvalue weighted by molar-refractivity contribution is -0.384. The number of hydrogen-bond acceptors (Lipinski definition) is 5. The van der Waals surface area contributed by atoms with Gasteiger partial charge in [-0.25, -0.2) is 4.79 Å². The van der Waals surface area contributed by atoms with Crippen molar-refractivity contribution in [1.29, 1.82) is 0 Å². The van der Waals surface area contributed by atoms with E-state index < -0.39 is 4.92 Å². The predicted octanol–water partition coefficient (Wildman–Crippen LogP) is 1.75. The third kappa shape index (κ3) is 1.61. The summed E-state index contributed by atoms with van der Waals surface area (Å²) < 4.78 is 7.15. The van der Waals surface area contributed by atoms with E-state index in [0.29, 0.717) is 18.2 Å². The first-order valence-electron chi connectivity index (χ1n) is 6.85. The van der Waals surface area contributed by atoms with Gasteiger partial charge in [0.25, 0.3) is 5.69 Å². The molecule has 2 aromatic rings. The van der Waals surface area contributed by atoms with Crippen molar-refractivity contribution in [3.05, 3.63) is 39.6 Å². The lowest BCUT2D eigenvalue weighted by atomic mass is 10.1. The summed E-state index contributed by atoms with van der Waals surface area (Å²) in [4.78, 5) is 22.8. The maximum atomic E-state index is 12.3. The number of benzene rings is 1. The number of nitrogens with one attached hydrogen (secondary N) is 1. The molecule has 2 atom stereocenters. The molecule has 2 aliphatic heterocycles. The van der Waals surface area contributed by atoms with Gasteiger partial charge in [0, 0.05) is 30.1 Å². The second kappa shape index (κ2) is 4.05. The number of carbonyl (C=O) groups is 1. The van der Waals surface area contributed by atoms with E-state index in [1.807, 2.05) is 4.57 Å². The molecule has 0 bridgehead atoms. The third-order valence-electron chi connectivity index (χ3n) is 4.14. The minimum Gasteiger partial charge on any atom is -0.462 e. The van der Waals surface area contributed by atoms with Crippen LogP contribution in [-0.4, -0.2) is 28.1 Å². The number of nitro groups is 1. The number of aromatic nitrogens is 1. The van der Waals surface area contributed by atoms with Crippen LogP contribution in [0.2, 0.25) is 0 Å². The number of fused-ring (bicyclic) bond motifs is 5. The van der Waals surface area contributed by atoms with Gasteiger partial charge < -0.3 is 14.6 Å². The summed E-state index contributed by atoms with van der Waals surface area (Å²) in [5.41, 5.74) is 2.20. The normalized spacial score (nSPS) is 22.0. The van der Waals surface area contributed by atoms with Crippen LogP contribution in [0.15, 0.2) is 18.2 Å². The summed E-state index contributed by atoms with van der Waals surface area (Å²) in [6.45, 7) is 2.80. The van der Waals surface area contributed by atoms with Crippen LogP contribution in [-0.2, 0) is 11.3 Å². The van der Waals surface area contributed by atoms with Crippen LogP contribution >= 0.6 is 0 Å². The topological polar surface area (TPSA) is 96.3 Å². The highest BCUT2D eigenvalue weighted by Crippen LogP contribution is 2.45. The first kappa shape index (κ1) is 12.3. The fraction of sp³-hybridized carbons (Fsp3) is 0.357. The molecule has 1 N–H and O–H groups in total. The molecule has 0 aliphatic carbocycles. The zero-order chi connectivity index (χ0) is 14.7. The summed E-state index contributed by atoms with van der Waals surface area (Å²) in [7, 11) is 0. The molecule has 0 amide bonds. The van der Waals surface area contributed by atoms with Gasteiger partial charge >= 0.3 is 5.97 Å². The fourth-order valence-corrected chi connectivity index (χ4v) is 3.21. The molecule has 1 aromatic carbocycles. The molecule has 1 aromatic heterocycles. The Bertz CT molecular complexity index is 795. The van der Waals surface area contributed by atoms with Gasteiger partial charge in [0.1, 0.15) is 0 Å². The van der Waals surface area contributed by atoms with Gasteiger partial charge in [0.2, 0.25) is 0 Å². The van der Waals surface area contributed by atoms with E-state index in [1.165, 1.54) is 12.1 Å². The number of carbonyl (C=O) groups excluding carboxylic acids is 1. The molecule has 7 heteroatoms. The highest BCUT2D eigenvalue weighted by Gasteiger charge is 2.49. The van der Waals surface area contributed by atoms with Gasteiger partial charge in [0.05, 0.1) is 34.3 Å². The van der Waals surface area contributed by atoms with Crippen molar-refractivity contribution in [2.24, 2.45) is 0 Å². The summed E-state index contributed by atoms with van der Waals surface area (Å²) in [5.74, 6) is -0.362. The van der Waals surface area contributed by atoms with Crippen molar-refractivity contribution in [3.63, 3.8) is 0 Å². The molecular weight excluding hydrogens is 274 g/mol. The van der Waals surface area contributed by atoms with E-state index in [0.717, 1.165) is 23.1 Å². The monoisotopic (exact) mass is 287 g/mol. The molecule has 0 radical (unpaired) electrons. The Hall–Kier alpha value is -2.41. The number of esters is 1. The zero-order valence-corrected chi connectivity index (χ0v) is 11.3. The average molecular weight is 287 g/mol. The first-order chi connectivity index (χ1) is 10.1. The Morgan fingerprint density at radius 2 is 2.38 bits per heavy atom. The van der Waals surface area contributed by atoms with Gasteiger partial charge in [-0.15, -0.1) is 0 Å². The molecule has 21 heavy (non-hydrogen) atoms. The van der Waals surface area contributed by atoms with Crippen molar-refractivity contribution in [3.8, 4) is 0 Å². The van der Waals surface area contributed by atoms with Crippen LogP contribution in [0.5, 0.6) is 0 Å². The Kier molecular flexibility index (Phi) is 2.38. The van der Waals surface area contributed by atoms with Crippen molar-refractivity contribution in [2.45, 2.75) is 25.6 Å². The summed E-state index contributed by atoms with van der Waals surface area (Å²) in [6, 6.07) is 5.10. The smallest absolute Gasteiger partial charge is 0.340 e. The van der Waals surface area contributed by atoms with Crippen LogP contribution in [0.4, 0.5) is 5.69 Å². The molecule has 0 spiro atoms. The molecule has 7 nitrogen and oxygen atoms in total. The van der Waals surface area contributed by atoms with Gasteiger partial charge in [-0.3, -0.25) is 10.1 Å². The van der Waals surface area contributed by atoms with Gasteiger partial charge in [-0.05, 0) is 13.0 Å². The number of nitro benzene ring substituents is 1. The molecular formula is C14H13N3O4. The van der Waals surface area contributed by atoms with Crippen LogP contribution in [0.3, 0.4) is 0 Å². The SMILES string of the molecule is CCOC(=O)c1c2n(c3cc([N+](=O)[O-])ccc13)C[C@@H]1N[C@H]21. The maximum Gasteiger partial charge on any atom is 0.340 e. The number of non-ortho nitro benzene ring substituents is 1. The Morgan fingerprint density at radius 3 is 3.10 bits per heavy atom. The molecule has 0 saturated carbocycles. The summed E-state index contributed by atoms with van der Waals surface area (Å²) in [6.07, 6.45) is 0. The van der Waals surface area contributed by atoms with E-state index in [-0.39, 0.29) is 17.7 Å². The highest BCUT2D eigenvalue weighted by molar-refractivity contribution is 6.07. The van der Waals surface area contributed by atoms with E-state index in [4.69, 9.17) is 4.74 Å². The minimum atomic E-state index is -0.419. The lowest BCUT2D eigenvalue weighted by Gasteiger charge is -2.04.